The number of carbonyl (C=O) groups excluding carboxylic acids is 3. The molecule has 2 saturated heterocycles. The molecule has 0 spiro atoms. The van der Waals surface area contributed by atoms with Crippen LogP contribution in [0.3, 0.4) is 0 Å². The van der Waals surface area contributed by atoms with Crippen LogP contribution in [-0.4, -0.2) is 83.3 Å². The second-order valence-electron chi connectivity index (χ2n) is 9.80. The van der Waals surface area contributed by atoms with Crippen molar-refractivity contribution in [3.8, 4) is 0 Å². The fourth-order valence-corrected chi connectivity index (χ4v) is 6.76. The molecule has 4 heterocycles. The number of ether oxygens (including phenoxy) is 2. The van der Waals surface area contributed by atoms with Crippen molar-refractivity contribution < 1.29 is 33.8 Å². The predicted molar refractivity (Wildman–Crippen MR) is 169 cm³/mol. The van der Waals surface area contributed by atoms with Gasteiger partial charge in [-0.3, -0.25) is 29.6 Å². The van der Waals surface area contributed by atoms with Gasteiger partial charge in [0.1, 0.15) is 21.3 Å². The molecule has 1 amide bonds. The number of rotatable bonds is 8. The minimum atomic E-state index is -0.777. The SMILES string of the molecule is COC(=O)[C@@H]1CCCN(C(=O)[C@@H](C)Cc2nc(Br)cs2)N1.COC(=O)[C@@H]1CCCNN1.C[C@@H](Cc1nc(Br)cs1)C(=O)O. The highest BCUT2D eigenvalue weighted by atomic mass is 79.9. The van der Waals surface area contributed by atoms with Crippen molar-refractivity contribution in [2.45, 2.75) is 64.5 Å². The van der Waals surface area contributed by atoms with Gasteiger partial charge >= 0.3 is 17.9 Å². The van der Waals surface area contributed by atoms with Crippen molar-refractivity contribution in [1.29, 1.82) is 0 Å². The lowest BCUT2D eigenvalue weighted by molar-refractivity contribution is -0.151. The lowest BCUT2D eigenvalue weighted by Crippen LogP contribution is -2.56. The van der Waals surface area contributed by atoms with Gasteiger partial charge in [0.25, 0.3) is 0 Å². The summed E-state index contributed by atoms with van der Waals surface area (Å²) in [6.45, 7) is 5.09. The van der Waals surface area contributed by atoms with Crippen LogP contribution in [-0.2, 0) is 41.5 Å². The number of carbonyl (C=O) groups is 4. The molecule has 4 atom stereocenters. The molecule has 43 heavy (non-hydrogen) atoms. The van der Waals surface area contributed by atoms with Crippen LogP contribution in [0.1, 0.15) is 49.5 Å². The summed E-state index contributed by atoms with van der Waals surface area (Å²) in [5, 5.41) is 15.7. The molecule has 0 aromatic carbocycles. The van der Waals surface area contributed by atoms with E-state index < -0.39 is 12.0 Å². The van der Waals surface area contributed by atoms with Gasteiger partial charge in [-0.25, -0.2) is 20.8 Å². The second kappa shape index (κ2) is 19.4. The zero-order valence-corrected chi connectivity index (χ0v) is 29.2. The largest absolute Gasteiger partial charge is 0.481 e. The fraction of sp³-hybridized carbons (Fsp3) is 0.615. The molecule has 4 N–H and O–H groups in total. The summed E-state index contributed by atoms with van der Waals surface area (Å²) in [4.78, 5) is 53.7. The molecule has 240 valence electrons. The number of esters is 2. The van der Waals surface area contributed by atoms with E-state index in [0.717, 1.165) is 45.0 Å². The number of methoxy groups -OCH3 is 2. The summed E-state index contributed by atoms with van der Waals surface area (Å²) in [6.07, 6.45) is 4.45. The van der Waals surface area contributed by atoms with Crippen LogP contribution in [0.25, 0.3) is 0 Å². The lowest BCUT2D eigenvalue weighted by atomic mass is 10.1. The monoisotopic (exact) mass is 768 g/mol. The maximum atomic E-state index is 12.4. The summed E-state index contributed by atoms with van der Waals surface area (Å²) < 4.78 is 10.8. The van der Waals surface area contributed by atoms with E-state index in [0.29, 0.717) is 25.8 Å². The van der Waals surface area contributed by atoms with E-state index in [9.17, 15) is 19.2 Å². The first kappa shape index (κ1) is 37.2. The van der Waals surface area contributed by atoms with E-state index >= 15 is 0 Å². The van der Waals surface area contributed by atoms with Crippen LogP contribution in [0.2, 0.25) is 0 Å². The van der Waals surface area contributed by atoms with Gasteiger partial charge in [-0.05, 0) is 57.5 Å². The Hall–Kier alpha value is -2.02. The first-order chi connectivity index (χ1) is 20.4. The fourth-order valence-electron chi connectivity index (χ4n) is 3.97. The average molecular weight is 771 g/mol. The van der Waals surface area contributed by atoms with E-state index in [1.54, 1.807) is 11.9 Å². The van der Waals surface area contributed by atoms with Crippen LogP contribution in [0.5, 0.6) is 0 Å². The number of nitrogens with zero attached hydrogens (tertiary/aromatic N) is 3. The van der Waals surface area contributed by atoms with Crippen LogP contribution in [0.15, 0.2) is 20.0 Å². The van der Waals surface area contributed by atoms with Crippen molar-refractivity contribution in [3.63, 3.8) is 0 Å². The molecule has 13 nitrogen and oxygen atoms in total. The maximum Gasteiger partial charge on any atom is 0.324 e. The first-order valence-corrected chi connectivity index (χ1v) is 16.9. The van der Waals surface area contributed by atoms with Crippen LogP contribution in [0.4, 0.5) is 0 Å². The molecular formula is C26H38Br2N6O7S2. The van der Waals surface area contributed by atoms with Crippen molar-refractivity contribution >= 4 is 78.3 Å². The number of hydrazine groups is 2. The third-order valence-electron chi connectivity index (χ3n) is 6.35. The lowest BCUT2D eigenvalue weighted by Gasteiger charge is -2.33. The standard InChI is InChI=1S/C13H18BrN3O3S.C7H8BrNO2S.C6H12N2O2/c1-8(6-11-15-10(14)7-21-11)12(18)17-5-3-4-9(16-17)13(19)20-2;1-4(7(10)11)2-6-9-5(8)3-12-6;1-10-6(9)5-3-2-4-7-8-5/h7-9,16H,3-6H2,1-2H3;3-4H,2H2,1H3,(H,10,11);5,7-8H,2-4H2,1H3/t8-,9-;4-;5-/m000/s1. The molecule has 0 unspecified atom stereocenters. The maximum absolute atomic E-state index is 12.4. The molecule has 2 aromatic heterocycles. The minimum absolute atomic E-state index is 0.0186. The number of nitrogens with one attached hydrogen (secondary N) is 3. The number of halogens is 2. The first-order valence-electron chi connectivity index (χ1n) is 13.6. The Bertz CT molecular complexity index is 1190. The highest BCUT2D eigenvalue weighted by Crippen LogP contribution is 2.20. The molecule has 17 heteroatoms. The number of hydrogen-bond acceptors (Lipinski definition) is 13. The Morgan fingerprint density at radius 2 is 1.49 bits per heavy atom. The van der Waals surface area contributed by atoms with Crippen LogP contribution in [0, 0.1) is 11.8 Å². The van der Waals surface area contributed by atoms with Gasteiger partial charge in [0, 0.05) is 42.6 Å². The summed E-state index contributed by atoms with van der Waals surface area (Å²) in [5.74, 6) is -1.86. The number of carboxylic acid groups (broad SMARTS) is 1. The highest BCUT2D eigenvalue weighted by Gasteiger charge is 2.30. The number of aliphatic carboxylic acids is 1. The smallest absolute Gasteiger partial charge is 0.324 e. The molecule has 0 saturated carbocycles. The van der Waals surface area contributed by atoms with E-state index in [1.165, 1.54) is 36.9 Å². The van der Waals surface area contributed by atoms with Gasteiger partial charge in [0.05, 0.1) is 30.2 Å². The summed E-state index contributed by atoms with van der Waals surface area (Å²) in [5.41, 5.74) is 8.70. The molecule has 0 bridgehead atoms. The quantitative estimate of drug-likeness (QED) is 0.289. The molecule has 2 aliphatic rings. The van der Waals surface area contributed by atoms with Crippen molar-refractivity contribution in [2.75, 3.05) is 27.3 Å². The third-order valence-corrected chi connectivity index (χ3v) is 9.51. The minimum Gasteiger partial charge on any atom is -0.481 e. The summed E-state index contributed by atoms with van der Waals surface area (Å²) >= 11 is 9.52. The second-order valence-corrected chi connectivity index (χ2v) is 13.3. The van der Waals surface area contributed by atoms with Crippen LogP contribution >= 0.6 is 54.5 Å². The normalized spacial score (nSPS) is 19.4. The van der Waals surface area contributed by atoms with E-state index in [1.807, 2.05) is 17.7 Å². The molecule has 2 aromatic rings. The van der Waals surface area contributed by atoms with Gasteiger partial charge < -0.3 is 14.6 Å². The van der Waals surface area contributed by atoms with Crippen molar-refractivity contribution in [3.05, 3.63) is 30.0 Å². The highest BCUT2D eigenvalue weighted by molar-refractivity contribution is 9.10. The molecule has 2 fully saturated rings. The van der Waals surface area contributed by atoms with E-state index in [-0.39, 0.29) is 35.7 Å². The number of aromatic nitrogens is 2. The van der Waals surface area contributed by atoms with Gasteiger partial charge in [0.15, 0.2) is 0 Å². The predicted octanol–water partition coefficient (Wildman–Crippen LogP) is 3.34. The van der Waals surface area contributed by atoms with Crippen LogP contribution < -0.4 is 16.3 Å². The van der Waals surface area contributed by atoms with Gasteiger partial charge in [0.2, 0.25) is 5.91 Å². The molecule has 0 radical (unpaired) electrons. The molecule has 2 aliphatic heterocycles. The van der Waals surface area contributed by atoms with E-state index in [4.69, 9.17) is 9.84 Å². The topological polar surface area (TPSA) is 172 Å². The van der Waals surface area contributed by atoms with Crippen molar-refractivity contribution in [2.24, 2.45) is 11.8 Å². The van der Waals surface area contributed by atoms with Gasteiger partial charge in [-0.2, -0.15) is 0 Å². The molecule has 4 rings (SSSR count). The summed E-state index contributed by atoms with van der Waals surface area (Å²) in [6, 6.07) is -0.590. The zero-order valence-electron chi connectivity index (χ0n) is 24.4. The number of carboxylic acids is 1. The zero-order chi connectivity index (χ0) is 31.9. The van der Waals surface area contributed by atoms with E-state index in [2.05, 4.69) is 62.8 Å². The molecular weight excluding hydrogens is 732 g/mol. The number of hydrogen-bond donors (Lipinski definition) is 4. The Labute approximate surface area is 275 Å². The Balaban J connectivity index is 0.000000248. The number of amides is 1. The Morgan fingerprint density at radius 1 is 0.953 bits per heavy atom. The van der Waals surface area contributed by atoms with Crippen molar-refractivity contribution in [1.82, 2.24) is 31.3 Å². The Morgan fingerprint density at radius 3 is 1.95 bits per heavy atom. The summed E-state index contributed by atoms with van der Waals surface area (Å²) in [7, 11) is 2.76. The molecule has 0 aliphatic carbocycles. The third kappa shape index (κ3) is 13.2. The Kier molecular flexibility index (Phi) is 16.8. The number of thiazole rings is 2. The van der Waals surface area contributed by atoms with Gasteiger partial charge in [-0.1, -0.05) is 13.8 Å². The average Bonchev–Trinajstić information content (AvgIpc) is 3.63. The van der Waals surface area contributed by atoms with Gasteiger partial charge in [-0.15, -0.1) is 22.7 Å².